The molecule has 194 valence electrons. The third-order valence-corrected chi connectivity index (χ3v) is 8.13. The van der Waals surface area contributed by atoms with E-state index in [1.165, 1.54) is 6.33 Å². The Labute approximate surface area is 224 Å². The van der Waals surface area contributed by atoms with Crippen LogP contribution in [-0.4, -0.2) is 46.4 Å². The molecule has 0 aliphatic carbocycles. The van der Waals surface area contributed by atoms with E-state index >= 15 is 0 Å². The zero-order valence-electron chi connectivity index (χ0n) is 20.1. The van der Waals surface area contributed by atoms with Crippen LogP contribution in [0.4, 0.5) is 11.5 Å². The molecular formula is C25H25Cl2N5O4S. The summed E-state index contributed by atoms with van der Waals surface area (Å²) in [6, 6.07) is 14.1. The molecule has 0 unspecified atom stereocenters. The molecule has 0 saturated carbocycles. The summed E-state index contributed by atoms with van der Waals surface area (Å²) in [6.07, 6.45) is 3.28. The van der Waals surface area contributed by atoms with E-state index in [0.29, 0.717) is 45.1 Å². The maximum atomic E-state index is 12.1. The first-order valence-corrected chi connectivity index (χ1v) is 13.9. The van der Waals surface area contributed by atoms with Crippen molar-refractivity contribution in [3.05, 3.63) is 71.1 Å². The van der Waals surface area contributed by atoms with Gasteiger partial charge in [0.15, 0.2) is 15.7 Å². The fraction of sp³-hybridized carbons (Fsp3) is 0.240. The van der Waals surface area contributed by atoms with Gasteiger partial charge < -0.3 is 19.9 Å². The summed E-state index contributed by atoms with van der Waals surface area (Å²) in [5, 5.41) is 6.26. The van der Waals surface area contributed by atoms with E-state index in [9.17, 15) is 13.2 Å². The normalized spacial score (nSPS) is 11.6. The van der Waals surface area contributed by atoms with E-state index in [1.807, 2.05) is 22.9 Å². The Hall–Kier alpha value is -3.34. The molecule has 0 radical (unpaired) electrons. The number of amides is 1. The summed E-state index contributed by atoms with van der Waals surface area (Å²) >= 11 is 12.5. The molecule has 0 fully saturated rings. The number of nitrogens with zero attached hydrogens (tertiary/aromatic N) is 3. The minimum Gasteiger partial charge on any atom is -0.456 e. The van der Waals surface area contributed by atoms with Crippen molar-refractivity contribution in [3.63, 3.8) is 0 Å². The molecule has 2 aromatic heterocycles. The van der Waals surface area contributed by atoms with Crippen molar-refractivity contribution in [2.45, 2.75) is 25.6 Å². The summed E-state index contributed by atoms with van der Waals surface area (Å²) in [5.41, 5.74) is 2.11. The van der Waals surface area contributed by atoms with E-state index in [4.69, 9.17) is 27.9 Å². The molecule has 4 aromatic rings. The number of fused-ring (bicyclic) bond motifs is 1. The second-order valence-electron chi connectivity index (χ2n) is 8.50. The molecule has 0 atom stereocenters. The van der Waals surface area contributed by atoms with Crippen LogP contribution in [0.1, 0.15) is 13.8 Å². The van der Waals surface area contributed by atoms with Gasteiger partial charge in [-0.3, -0.25) is 4.79 Å². The summed E-state index contributed by atoms with van der Waals surface area (Å²) in [7, 11) is -3.46. The molecule has 0 aliphatic heterocycles. The monoisotopic (exact) mass is 561 g/mol. The Bertz CT molecular complexity index is 1540. The minimum absolute atomic E-state index is 0.242. The minimum atomic E-state index is -3.46. The highest BCUT2D eigenvalue weighted by atomic mass is 35.5. The number of aromatic nitrogens is 3. The summed E-state index contributed by atoms with van der Waals surface area (Å²) in [5.74, 6) is 0.517. The number of benzene rings is 2. The lowest BCUT2D eigenvalue weighted by atomic mass is 10.3. The van der Waals surface area contributed by atoms with Crippen LogP contribution in [0.3, 0.4) is 0 Å². The van der Waals surface area contributed by atoms with Gasteiger partial charge in [0.05, 0.1) is 15.8 Å². The highest BCUT2D eigenvalue weighted by Gasteiger charge is 2.20. The fourth-order valence-corrected chi connectivity index (χ4v) is 4.68. The van der Waals surface area contributed by atoms with Crippen molar-refractivity contribution in [2.75, 3.05) is 17.6 Å². The van der Waals surface area contributed by atoms with Crippen LogP contribution in [0, 0.1) is 0 Å². The highest BCUT2D eigenvalue weighted by molar-refractivity contribution is 7.92. The van der Waals surface area contributed by atoms with Crippen LogP contribution >= 0.6 is 23.2 Å². The molecule has 12 heteroatoms. The number of ether oxygens (including phenoxy) is 1. The number of halogens is 2. The third kappa shape index (κ3) is 6.71. The fourth-order valence-electron chi connectivity index (χ4n) is 3.48. The molecular weight excluding hydrogens is 537 g/mol. The van der Waals surface area contributed by atoms with Crippen molar-refractivity contribution in [3.8, 4) is 11.5 Å². The number of sulfone groups is 1. The maximum Gasteiger partial charge on any atom is 0.235 e. The molecule has 0 saturated heterocycles. The van der Waals surface area contributed by atoms with Crippen molar-refractivity contribution < 1.29 is 17.9 Å². The van der Waals surface area contributed by atoms with Crippen molar-refractivity contribution in [2.24, 2.45) is 0 Å². The van der Waals surface area contributed by atoms with Crippen LogP contribution in [0.5, 0.6) is 11.5 Å². The summed E-state index contributed by atoms with van der Waals surface area (Å²) < 4.78 is 31.6. The van der Waals surface area contributed by atoms with Gasteiger partial charge in [0.1, 0.15) is 29.1 Å². The first-order chi connectivity index (χ1) is 17.6. The number of rotatable bonds is 10. The van der Waals surface area contributed by atoms with Crippen molar-refractivity contribution in [1.82, 2.24) is 19.9 Å². The SMILES string of the molecule is CC(C)S(=O)(=O)CC(=O)NCCn1ccc2ncnc(Nc3ccc(Oc4cccc(Cl)c4)c(Cl)c3)c21. The number of nitrogens with one attached hydrogen (secondary N) is 2. The van der Waals surface area contributed by atoms with Gasteiger partial charge in [0, 0.05) is 30.0 Å². The van der Waals surface area contributed by atoms with Crippen LogP contribution in [0.2, 0.25) is 10.0 Å². The Morgan fingerprint density at radius 1 is 1.11 bits per heavy atom. The third-order valence-electron chi connectivity index (χ3n) is 5.49. The van der Waals surface area contributed by atoms with E-state index in [0.717, 1.165) is 5.52 Å². The van der Waals surface area contributed by atoms with Crippen LogP contribution < -0.4 is 15.4 Å². The zero-order chi connectivity index (χ0) is 26.6. The number of anilines is 2. The second kappa shape index (κ2) is 11.4. The summed E-state index contributed by atoms with van der Waals surface area (Å²) in [4.78, 5) is 20.8. The van der Waals surface area contributed by atoms with E-state index in [2.05, 4.69) is 20.6 Å². The Morgan fingerprint density at radius 3 is 2.65 bits per heavy atom. The first kappa shape index (κ1) is 26.7. The first-order valence-electron chi connectivity index (χ1n) is 11.4. The van der Waals surface area contributed by atoms with Crippen LogP contribution in [0.25, 0.3) is 11.0 Å². The Morgan fingerprint density at radius 2 is 1.92 bits per heavy atom. The van der Waals surface area contributed by atoms with Crippen LogP contribution in [0.15, 0.2) is 61.1 Å². The van der Waals surface area contributed by atoms with Gasteiger partial charge in [-0.2, -0.15) is 0 Å². The standard InChI is InChI=1S/C25H25Cl2N5O4S/c1-16(2)37(34,35)14-23(33)28-9-11-32-10-8-21-24(32)25(30-15-29-21)31-18-6-7-22(20(27)13-18)36-19-5-3-4-17(26)12-19/h3-8,10,12-13,15-16H,9,11,14H2,1-2H3,(H,28,33)(H,29,30,31). The lowest BCUT2D eigenvalue weighted by molar-refractivity contribution is -0.118. The lowest BCUT2D eigenvalue weighted by Gasteiger charge is -2.13. The predicted molar refractivity (Wildman–Crippen MR) is 146 cm³/mol. The molecule has 4 rings (SSSR count). The average Bonchev–Trinajstić information content (AvgIpc) is 3.24. The van der Waals surface area contributed by atoms with Gasteiger partial charge in [-0.05, 0) is 56.3 Å². The van der Waals surface area contributed by atoms with E-state index in [1.54, 1.807) is 50.2 Å². The molecule has 0 bridgehead atoms. The Kier molecular flexibility index (Phi) is 8.21. The largest absolute Gasteiger partial charge is 0.456 e. The van der Waals surface area contributed by atoms with E-state index in [-0.39, 0.29) is 6.54 Å². The van der Waals surface area contributed by atoms with Gasteiger partial charge in [0.2, 0.25) is 5.91 Å². The number of hydrogen-bond acceptors (Lipinski definition) is 7. The highest BCUT2D eigenvalue weighted by Crippen LogP contribution is 2.34. The number of hydrogen-bond donors (Lipinski definition) is 2. The molecule has 1 amide bonds. The Balaban J connectivity index is 1.46. The zero-order valence-corrected chi connectivity index (χ0v) is 22.4. The van der Waals surface area contributed by atoms with Gasteiger partial charge in [-0.25, -0.2) is 18.4 Å². The lowest BCUT2D eigenvalue weighted by Crippen LogP contribution is -2.34. The van der Waals surface area contributed by atoms with Gasteiger partial charge in [-0.1, -0.05) is 29.3 Å². The van der Waals surface area contributed by atoms with Gasteiger partial charge >= 0.3 is 0 Å². The molecule has 0 spiro atoms. The quantitative estimate of drug-likeness (QED) is 0.273. The summed E-state index contributed by atoms with van der Waals surface area (Å²) in [6.45, 7) is 3.74. The molecule has 2 aromatic carbocycles. The topological polar surface area (TPSA) is 115 Å². The molecule has 37 heavy (non-hydrogen) atoms. The van der Waals surface area contributed by atoms with Crippen molar-refractivity contribution in [1.29, 1.82) is 0 Å². The average molecular weight is 562 g/mol. The predicted octanol–water partition coefficient (Wildman–Crippen LogP) is 5.21. The number of carbonyl (C=O) groups excluding carboxylic acids is 1. The van der Waals surface area contributed by atoms with E-state index < -0.39 is 26.7 Å². The van der Waals surface area contributed by atoms with Gasteiger partial charge in [0.25, 0.3) is 0 Å². The second-order valence-corrected chi connectivity index (χ2v) is 11.9. The number of carbonyl (C=O) groups is 1. The molecule has 2 N–H and O–H groups in total. The maximum absolute atomic E-state index is 12.1. The molecule has 9 nitrogen and oxygen atoms in total. The van der Waals surface area contributed by atoms with Crippen LogP contribution in [-0.2, 0) is 21.2 Å². The smallest absolute Gasteiger partial charge is 0.235 e. The van der Waals surface area contributed by atoms with Gasteiger partial charge in [-0.15, -0.1) is 0 Å². The van der Waals surface area contributed by atoms with Crippen molar-refractivity contribution >= 4 is 61.5 Å². The molecule has 0 aliphatic rings. The molecule has 2 heterocycles.